The van der Waals surface area contributed by atoms with E-state index in [1.165, 1.54) is 0 Å². The van der Waals surface area contributed by atoms with E-state index < -0.39 is 0 Å². The molecule has 0 bridgehead atoms. The number of ether oxygens (including phenoxy) is 1. The summed E-state index contributed by atoms with van der Waals surface area (Å²) in [5.74, 6) is 0.756. The third-order valence-electron chi connectivity index (χ3n) is 2.65. The topological polar surface area (TPSA) is 50.4 Å². The number of methoxy groups -OCH3 is 1. The first-order valence-electron chi connectivity index (χ1n) is 6.47. The van der Waals surface area contributed by atoms with Gasteiger partial charge >= 0.3 is 0 Å². The molecule has 0 unspecified atom stereocenters. The number of nitrogens with one attached hydrogen (secondary N) is 2. The summed E-state index contributed by atoms with van der Waals surface area (Å²) in [6, 6.07) is 5.66. The van der Waals surface area contributed by atoms with Gasteiger partial charge in [-0.15, -0.1) is 0 Å². The molecule has 1 aromatic carbocycles. The van der Waals surface area contributed by atoms with Crippen LogP contribution in [0.3, 0.4) is 0 Å². The largest absolute Gasteiger partial charge is 0.495 e. The molecule has 0 spiro atoms. The normalized spacial score (nSPS) is 10.3. The van der Waals surface area contributed by atoms with Gasteiger partial charge in [-0.1, -0.05) is 24.6 Å². The Balaban J connectivity index is 2.26. The number of benzene rings is 1. The third-order valence-corrected chi connectivity index (χ3v) is 2.94. The first-order chi connectivity index (χ1) is 9.17. The van der Waals surface area contributed by atoms with Crippen LogP contribution in [0.15, 0.2) is 18.2 Å². The molecule has 0 aliphatic rings. The number of hydrogen-bond donors (Lipinski definition) is 2. The minimum absolute atomic E-state index is 0.0853. The first-order valence-corrected chi connectivity index (χ1v) is 6.85. The van der Waals surface area contributed by atoms with Gasteiger partial charge in [0.05, 0.1) is 12.1 Å². The maximum absolute atomic E-state index is 11.4. The second-order valence-corrected chi connectivity index (χ2v) is 4.65. The Morgan fingerprint density at radius 3 is 2.79 bits per heavy atom. The highest BCUT2D eigenvalue weighted by molar-refractivity contribution is 6.32. The maximum atomic E-state index is 11.4. The van der Waals surface area contributed by atoms with Crippen LogP contribution in [0, 0.1) is 0 Å². The Morgan fingerprint density at radius 1 is 1.37 bits per heavy atom. The van der Waals surface area contributed by atoms with Crippen molar-refractivity contribution >= 4 is 17.5 Å². The summed E-state index contributed by atoms with van der Waals surface area (Å²) in [5, 5.41) is 6.65. The number of carbonyl (C=O) groups is 1. The second-order valence-electron chi connectivity index (χ2n) is 4.25. The Morgan fingerprint density at radius 2 is 2.16 bits per heavy atom. The van der Waals surface area contributed by atoms with Crippen molar-refractivity contribution in [1.82, 2.24) is 10.6 Å². The molecule has 1 amide bonds. The third kappa shape index (κ3) is 5.94. The lowest BCUT2D eigenvalue weighted by Crippen LogP contribution is -2.28. The van der Waals surface area contributed by atoms with Gasteiger partial charge in [-0.3, -0.25) is 4.79 Å². The minimum atomic E-state index is 0.0853. The highest BCUT2D eigenvalue weighted by atomic mass is 35.5. The van der Waals surface area contributed by atoms with Gasteiger partial charge in [0.2, 0.25) is 5.91 Å². The van der Waals surface area contributed by atoms with Crippen LogP contribution < -0.4 is 15.4 Å². The van der Waals surface area contributed by atoms with Crippen LogP contribution in [0.5, 0.6) is 5.75 Å². The molecule has 1 rings (SSSR count). The fourth-order valence-electron chi connectivity index (χ4n) is 1.61. The van der Waals surface area contributed by atoms with Crippen LogP contribution >= 0.6 is 11.6 Å². The van der Waals surface area contributed by atoms with Crippen LogP contribution in [-0.4, -0.2) is 26.1 Å². The molecule has 0 saturated heterocycles. The van der Waals surface area contributed by atoms with Crippen molar-refractivity contribution in [1.29, 1.82) is 0 Å². The fraction of sp³-hybridized carbons (Fsp3) is 0.500. The van der Waals surface area contributed by atoms with Crippen molar-refractivity contribution in [3.8, 4) is 5.75 Å². The van der Waals surface area contributed by atoms with E-state index in [2.05, 4.69) is 10.6 Å². The van der Waals surface area contributed by atoms with Gasteiger partial charge in [0.25, 0.3) is 0 Å². The van der Waals surface area contributed by atoms with Gasteiger partial charge < -0.3 is 15.4 Å². The van der Waals surface area contributed by atoms with Gasteiger partial charge in [-0.05, 0) is 24.1 Å². The number of amides is 1. The standard InChI is InChI=1S/C14H21ClN2O2/c1-3-7-17-14(18)6-8-16-10-11-4-5-13(19-2)12(15)9-11/h4-5,9,16H,3,6-8,10H2,1-2H3,(H,17,18). The van der Waals surface area contributed by atoms with Crippen LogP contribution in [0.2, 0.25) is 5.02 Å². The summed E-state index contributed by atoms with van der Waals surface area (Å²) >= 11 is 6.03. The molecule has 0 aromatic heterocycles. The van der Waals surface area contributed by atoms with Crippen LogP contribution in [0.25, 0.3) is 0 Å². The van der Waals surface area contributed by atoms with E-state index in [1.807, 2.05) is 25.1 Å². The lowest BCUT2D eigenvalue weighted by molar-refractivity contribution is -0.120. The molecular formula is C14H21ClN2O2. The Bertz CT molecular complexity index is 410. The van der Waals surface area contributed by atoms with Crippen LogP contribution in [-0.2, 0) is 11.3 Å². The van der Waals surface area contributed by atoms with Gasteiger partial charge in [-0.25, -0.2) is 0 Å². The predicted molar refractivity (Wildman–Crippen MR) is 77.6 cm³/mol. The summed E-state index contributed by atoms with van der Waals surface area (Å²) in [4.78, 5) is 11.4. The van der Waals surface area contributed by atoms with E-state index in [-0.39, 0.29) is 5.91 Å². The van der Waals surface area contributed by atoms with E-state index in [0.29, 0.717) is 30.3 Å². The van der Waals surface area contributed by atoms with Gasteiger partial charge in [-0.2, -0.15) is 0 Å². The molecule has 2 N–H and O–H groups in total. The van der Waals surface area contributed by atoms with Crippen molar-refractivity contribution in [2.45, 2.75) is 26.3 Å². The smallest absolute Gasteiger partial charge is 0.221 e. The molecule has 0 aliphatic carbocycles. The van der Waals surface area contributed by atoms with E-state index in [1.54, 1.807) is 7.11 Å². The van der Waals surface area contributed by atoms with Crippen molar-refractivity contribution < 1.29 is 9.53 Å². The average molecular weight is 285 g/mol. The highest BCUT2D eigenvalue weighted by Crippen LogP contribution is 2.24. The minimum Gasteiger partial charge on any atom is -0.495 e. The Kier molecular flexibility index (Phi) is 7.30. The molecule has 0 aliphatic heterocycles. The molecule has 4 nitrogen and oxygen atoms in total. The summed E-state index contributed by atoms with van der Waals surface area (Å²) in [6.07, 6.45) is 1.45. The zero-order valence-corrected chi connectivity index (χ0v) is 12.2. The highest BCUT2D eigenvalue weighted by Gasteiger charge is 2.02. The van der Waals surface area contributed by atoms with E-state index >= 15 is 0 Å². The number of rotatable bonds is 8. The quantitative estimate of drug-likeness (QED) is 0.721. The average Bonchev–Trinajstić information content (AvgIpc) is 2.41. The molecule has 106 valence electrons. The van der Waals surface area contributed by atoms with E-state index in [4.69, 9.17) is 16.3 Å². The molecule has 1 aromatic rings. The van der Waals surface area contributed by atoms with Gasteiger partial charge in [0.15, 0.2) is 0 Å². The molecule has 0 saturated carbocycles. The summed E-state index contributed by atoms with van der Waals surface area (Å²) in [7, 11) is 1.59. The summed E-state index contributed by atoms with van der Waals surface area (Å²) < 4.78 is 5.09. The van der Waals surface area contributed by atoms with Crippen molar-refractivity contribution in [2.75, 3.05) is 20.2 Å². The molecular weight excluding hydrogens is 264 g/mol. The molecule has 0 fully saturated rings. The van der Waals surface area contributed by atoms with E-state index in [0.717, 1.165) is 18.5 Å². The lowest BCUT2D eigenvalue weighted by Gasteiger charge is -2.08. The van der Waals surface area contributed by atoms with Gasteiger partial charge in [0, 0.05) is 26.1 Å². The molecule has 0 radical (unpaired) electrons. The fourth-order valence-corrected chi connectivity index (χ4v) is 1.89. The molecule has 5 heteroatoms. The van der Waals surface area contributed by atoms with Crippen LogP contribution in [0.4, 0.5) is 0 Å². The number of carbonyl (C=O) groups excluding carboxylic acids is 1. The first kappa shape index (κ1) is 15.8. The summed E-state index contributed by atoms with van der Waals surface area (Å²) in [5.41, 5.74) is 1.07. The zero-order valence-electron chi connectivity index (χ0n) is 11.5. The molecule has 19 heavy (non-hydrogen) atoms. The van der Waals surface area contributed by atoms with E-state index in [9.17, 15) is 4.79 Å². The summed E-state index contributed by atoms with van der Waals surface area (Å²) in [6.45, 7) is 4.11. The second kappa shape index (κ2) is 8.77. The lowest BCUT2D eigenvalue weighted by atomic mass is 10.2. The SMILES string of the molecule is CCCNC(=O)CCNCc1ccc(OC)c(Cl)c1. The van der Waals surface area contributed by atoms with Crippen molar-refractivity contribution in [3.05, 3.63) is 28.8 Å². The number of halogens is 1. The number of hydrogen-bond acceptors (Lipinski definition) is 3. The monoisotopic (exact) mass is 284 g/mol. The van der Waals surface area contributed by atoms with Crippen molar-refractivity contribution in [2.24, 2.45) is 0 Å². The molecule has 0 atom stereocenters. The zero-order chi connectivity index (χ0) is 14.1. The molecule has 0 heterocycles. The maximum Gasteiger partial charge on any atom is 0.221 e. The van der Waals surface area contributed by atoms with Crippen LogP contribution in [0.1, 0.15) is 25.3 Å². The Labute approximate surface area is 119 Å². The van der Waals surface area contributed by atoms with Crippen molar-refractivity contribution in [3.63, 3.8) is 0 Å². The predicted octanol–water partition coefficient (Wildman–Crippen LogP) is 2.35. The van der Waals surface area contributed by atoms with Gasteiger partial charge in [0.1, 0.15) is 5.75 Å². The Hall–Kier alpha value is -1.26.